The number of nitrogens with one attached hydrogen (secondary N) is 2. The molecule has 3 N–H and O–H groups in total. The summed E-state index contributed by atoms with van der Waals surface area (Å²) in [4.78, 5) is 33.3. The zero-order valence-corrected chi connectivity index (χ0v) is 13.9. The number of hydrogen-bond acceptors (Lipinski definition) is 5. The first-order valence-corrected chi connectivity index (χ1v) is 7.99. The van der Waals surface area contributed by atoms with Crippen LogP contribution in [0.1, 0.15) is 31.2 Å². The number of carbonyl (C=O) groups is 2. The molecule has 0 atom stereocenters. The number of carbonyl (C=O) groups excluding carboxylic acids is 1. The molecule has 0 aromatic heterocycles. The molecule has 1 aromatic rings. The minimum atomic E-state index is -0.791. The summed E-state index contributed by atoms with van der Waals surface area (Å²) >= 11 is 0. The molecular weight excluding hydrogens is 330 g/mol. The molecule has 0 radical (unpaired) electrons. The summed E-state index contributed by atoms with van der Waals surface area (Å²) in [6.45, 7) is 0.0845. The van der Waals surface area contributed by atoms with E-state index in [-0.39, 0.29) is 24.2 Å². The molecule has 1 aliphatic carbocycles. The third kappa shape index (κ3) is 5.07. The summed E-state index contributed by atoms with van der Waals surface area (Å²) in [5.74, 6) is -0.677. The van der Waals surface area contributed by atoms with E-state index in [4.69, 9.17) is 9.84 Å². The predicted molar refractivity (Wildman–Crippen MR) is 88.4 cm³/mol. The van der Waals surface area contributed by atoms with Crippen molar-refractivity contribution in [2.75, 3.05) is 7.11 Å². The highest BCUT2D eigenvalue weighted by Crippen LogP contribution is 2.25. The Morgan fingerprint density at radius 1 is 1.32 bits per heavy atom. The zero-order chi connectivity index (χ0) is 18.4. The molecule has 2 rings (SSSR count). The molecule has 0 saturated heterocycles. The summed E-state index contributed by atoms with van der Waals surface area (Å²) in [5, 5.41) is 25.3. The lowest BCUT2D eigenvalue weighted by Crippen LogP contribution is -2.43. The van der Waals surface area contributed by atoms with Gasteiger partial charge >= 0.3 is 12.0 Å². The highest BCUT2D eigenvalue weighted by molar-refractivity contribution is 5.74. The first kappa shape index (κ1) is 18.5. The number of nitrogens with zero attached hydrogens (tertiary/aromatic N) is 1. The quantitative estimate of drug-likeness (QED) is 0.531. The molecule has 0 unspecified atom stereocenters. The normalized spacial score (nSPS) is 19.7. The van der Waals surface area contributed by atoms with Gasteiger partial charge in [0.05, 0.1) is 18.0 Å². The van der Waals surface area contributed by atoms with Gasteiger partial charge in [0.25, 0.3) is 5.69 Å². The van der Waals surface area contributed by atoms with Crippen LogP contribution in [0.25, 0.3) is 0 Å². The van der Waals surface area contributed by atoms with Crippen molar-refractivity contribution in [3.8, 4) is 5.75 Å². The molecule has 9 heteroatoms. The van der Waals surface area contributed by atoms with Gasteiger partial charge in [0.1, 0.15) is 5.75 Å². The van der Waals surface area contributed by atoms with Crippen LogP contribution in [0, 0.1) is 16.0 Å². The topological polar surface area (TPSA) is 131 Å². The summed E-state index contributed by atoms with van der Waals surface area (Å²) in [6, 6.07) is 3.72. The van der Waals surface area contributed by atoms with Gasteiger partial charge in [0, 0.05) is 30.3 Å². The number of non-ortho nitro benzene ring substituents is 1. The standard InChI is InChI=1S/C16H21N3O6/c1-25-14-7-6-13(19(23)24)8-11(14)9-17-16(22)18-12-4-2-10(3-5-12)15(20)21/h6-8,10,12H,2-5,9H2,1H3,(H,20,21)(H2,17,18,22). The number of rotatable bonds is 6. The van der Waals surface area contributed by atoms with E-state index < -0.39 is 16.9 Å². The van der Waals surface area contributed by atoms with Gasteiger partial charge < -0.3 is 20.5 Å². The Morgan fingerprint density at radius 2 is 2.00 bits per heavy atom. The number of carboxylic acids is 1. The van der Waals surface area contributed by atoms with Crippen LogP contribution in [-0.4, -0.2) is 35.2 Å². The number of nitro benzene ring substituents is 1. The Kier molecular flexibility index (Phi) is 6.15. The smallest absolute Gasteiger partial charge is 0.315 e. The molecular formula is C16H21N3O6. The monoisotopic (exact) mass is 351 g/mol. The van der Waals surface area contributed by atoms with Crippen molar-refractivity contribution in [3.63, 3.8) is 0 Å². The van der Waals surface area contributed by atoms with Crippen molar-refractivity contribution in [2.45, 2.75) is 38.3 Å². The van der Waals surface area contributed by atoms with E-state index in [1.165, 1.54) is 25.3 Å². The molecule has 1 aliphatic rings. The van der Waals surface area contributed by atoms with Crippen LogP contribution < -0.4 is 15.4 Å². The predicted octanol–water partition coefficient (Wildman–Crippen LogP) is 2.05. The van der Waals surface area contributed by atoms with E-state index in [1.807, 2.05) is 0 Å². The Morgan fingerprint density at radius 3 is 2.56 bits per heavy atom. The second-order valence-corrected chi connectivity index (χ2v) is 5.97. The van der Waals surface area contributed by atoms with Crippen molar-refractivity contribution >= 4 is 17.7 Å². The third-order valence-corrected chi connectivity index (χ3v) is 4.33. The van der Waals surface area contributed by atoms with E-state index in [0.29, 0.717) is 37.0 Å². The van der Waals surface area contributed by atoms with Gasteiger partial charge in [-0.2, -0.15) is 0 Å². The number of methoxy groups -OCH3 is 1. The van der Waals surface area contributed by atoms with Gasteiger partial charge in [-0.05, 0) is 31.7 Å². The van der Waals surface area contributed by atoms with Gasteiger partial charge in [-0.25, -0.2) is 4.79 Å². The van der Waals surface area contributed by atoms with Gasteiger partial charge in [0.15, 0.2) is 0 Å². The molecule has 0 spiro atoms. The van der Waals surface area contributed by atoms with E-state index in [1.54, 1.807) is 0 Å². The number of aliphatic carboxylic acids is 1. The lowest BCUT2D eigenvalue weighted by atomic mass is 9.86. The van der Waals surface area contributed by atoms with E-state index in [2.05, 4.69) is 10.6 Å². The number of amides is 2. The second kappa shape index (κ2) is 8.32. The Balaban J connectivity index is 1.87. The second-order valence-electron chi connectivity index (χ2n) is 5.97. The number of hydrogen-bond donors (Lipinski definition) is 3. The number of ether oxygens (including phenoxy) is 1. The third-order valence-electron chi connectivity index (χ3n) is 4.33. The lowest BCUT2D eigenvalue weighted by molar-refractivity contribution is -0.384. The van der Waals surface area contributed by atoms with E-state index in [0.717, 1.165) is 0 Å². The first-order chi connectivity index (χ1) is 11.9. The Hall–Kier alpha value is -2.84. The molecule has 0 heterocycles. The van der Waals surface area contributed by atoms with Crippen LogP contribution in [0.4, 0.5) is 10.5 Å². The zero-order valence-electron chi connectivity index (χ0n) is 13.9. The highest BCUT2D eigenvalue weighted by atomic mass is 16.6. The summed E-state index contributed by atoms with van der Waals surface area (Å²) < 4.78 is 5.15. The maximum atomic E-state index is 12.0. The van der Waals surface area contributed by atoms with E-state index >= 15 is 0 Å². The number of benzene rings is 1. The summed E-state index contributed by atoms with van der Waals surface area (Å²) in [6.07, 6.45) is 2.31. The fourth-order valence-corrected chi connectivity index (χ4v) is 2.91. The van der Waals surface area contributed by atoms with E-state index in [9.17, 15) is 19.7 Å². The Bertz CT molecular complexity index is 655. The fourth-order valence-electron chi connectivity index (χ4n) is 2.91. The molecule has 1 fully saturated rings. The van der Waals surface area contributed by atoms with Crippen molar-refractivity contribution in [3.05, 3.63) is 33.9 Å². The summed E-state index contributed by atoms with van der Waals surface area (Å²) in [7, 11) is 1.45. The first-order valence-electron chi connectivity index (χ1n) is 7.99. The van der Waals surface area contributed by atoms with Crippen LogP contribution in [0.15, 0.2) is 18.2 Å². The number of carboxylic acid groups (broad SMARTS) is 1. The molecule has 136 valence electrons. The molecule has 2 amide bonds. The SMILES string of the molecule is COc1ccc([N+](=O)[O-])cc1CNC(=O)NC1CCC(C(=O)O)CC1. The summed E-state index contributed by atoms with van der Waals surface area (Å²) in [5.41, 5.74) is 0.423. The maximum absolute atomic E-state index is 12.0. The lowest BCUT2D eigenvalue weighted by Gasteiger charge is -2.26. The van der Waals surface area contributed by atoms with Gasteiger partial charge in [-0.15, -0.1) is 0 Å². The Labute approximate surface area is 144 Å². The minimum Gasteiger partial charge on any atom is -0.496 e. The van der Waals surface area contributed by atoms with Gasteiger partial charge in [-0.1, -0.05) is 0 Å². The molecule has 1 aromatic carbocycles. The highest BCUT2D eigenvalue weighted by Gasteiger charge is 2.26. The minimum absolute atomic E-state index is 0.0670. The molecule has 25 heavy (non-hydrogen) atoms. The van der Waals surface area contributed by atoms with Crippen molar-refractivity contribution < 1.29 is 24.4 Å². The van der Waals surface area contributed by atoms with Crippen molar-refractivity contribution in [2.24, 2.45) is 5.92 Å². The number of urea groups is 1. The van der Waals surface area contributed by atoms with Gasteiger partial charge in [-0.3, -0.25) is 14.9 Å². The molecule has 1 saturated carbocycles. The average molecular weight is 351 g/mol. The fraction of sp³-hybridized carbons (Fsp3) is 0.500. The van der Waals surface area contributed by atoms with Crippen molar-refractivity contribution in [1.29, 1.82) is 0 Å². The van der Waals surface area contributed by atoms with Gasteiger partial charge in [0.2, 0.25) is 0 Å². The van der Waals surface area contributed by atoms with Crippen LogP contribution in [0.5, 0.6) is 5.75 Å². The van der Waals surface area contributed by atoms with Crippen LogP contribution in [0.2, 0.25) is 0 Å². The van der Waals surface area contributed by atoms with Crippen LogP contribution in [0.3, 0.4) is 0 Å². The average Bonchev–Trinajstić information content (AvgIpc) is 2.60. The maximum Gasteiger partial charge on any atom is 0.315 e. The molecule has 9 nitrogen and oxygen atoms in total. The molecule has 0 bridgehead atoms. The van der Waals surface area contributed by atoms with Crippen molar-refractivity contribution in [1.82, 2.24) is 10.6 Å². The largest absolute Gasteiger partial charge is 0.496 e. The molecule has 0 aliphatic heterocycles. The van der Waals surface area contributed by atoms with Crippen LogP contribution in [-0.2, 0) is 11.3 Å². The van der Waals surface area contributed by atoms with Crippen LogP contribution >= 0.6 is 0 Å². The number of nitro groups is 1.